The van der Waals surface area contributed by atoms with Gasteiger partial charge in [-0.3, -0.25) is 4.79 Å². The highest BCUT2D eigenvalue weighted by atomic mass is 35.5. The molecule has 5 nitrogen and oxygen atoms in total. The van der Waals surface area contributed by atoms with Gasteiger partial charge in [0.2, 0.25) is 0 Å². The number of rotatable bonds is 9. The molecule has 0 aromatic heterocycles. The van der Waals surface area contributed by atoms with Crippen LogP contribution in [0.2, 0.25) is 5.02 Å². The first-order valence-electron chi connectivity index (χ1n) is 10.2. The molecule has 0 fully saturated rings. The molecule has 0 saturated heterocycles. The van der Waals surface area contributed by atoms with Crippen LogP contribution in [0.25, 0.3) is 0 Å². The summed E-state index contributed by atoms with van der Waals surface area (Å²) in [5, 5.41) is 6.64. The van der Waals surface area contributed by atoms with E-state index in [1.165, 1.54) is 5.56 Å². The number of carbonyl (C=O) groups is 1. The van der Waals surface area contributed by atoms with Crippen LogP contribution in [0, 0.1) is 13.8 Å². The van der Waals surface area contributed by atoms with E-state index in [-0.39, 0.29) is 12.5 Å². The SMILES string of the molecule is CCOc1ccc(NCc2ccc(OCC(=O)Nc3ccc(C)c(C)c3)c(Cl)c2)cc1. The third kappa shape index (κ3) is 6.66. The maximum absolute atomic E-state index is 12.2. The Bertz CT molecular complexity index is 1040. The Morgan fingerprint density at radius 1 is 0.903 bits per heavy atom. The Balaban J connectivity index is 1.50. The van der Waals surface area contributed by atoms with E-state index in [1.54, 1.807) is 6.07 Å². The van der Waals surface area contributed by atoms with Crippen LogP contribution < -0.4 is 20.1 Å². The number of hydrogen-bond donors (Lipinski definition) is 2. The van der Waals surface area contributed by atoms with Crippen molar-refractivity contribution in [2.45, 2.75) is 27.3 Å². The van der Waals surface area contributed by atoms with Gasteiger partial charge in [0.15, 0.2) is 6.61 Å². The first kappa shape index (κ1) is 22.5. The van der Waals surface area contributed by atoms with Gasteiger partial charge in [0.1, 0.15) is 11.5 Å². The van der Waals surface area contributed by atoms with Gasteiger partial charge in [-0.2, -0.15) is 0 Å². The van der Waals surface area contributed by atoms with Crippen molar-refractivity contribution in [1.82, 2.24) is 0 Å². The number of nitrogens with one attached hydrogen (secondary N) is 2. The molecule has 0 bridgehead atoms. The van der Waals surface area contributed by atoms with E-state index in [9.17, 15) is 4.79 Å². The monoisotopic (exact) mass is 438 g/mol. The molecule has 0 heterocycles. The lowest BCUT2D eigenvalue weighted by atomic mass is 10.1. The Morgan fingerprint density at radius 2 is 1.65 bits per heavy atom. The summed E-state index contributed by atoms with van der Waals surface area (Å²) in [6.45, 7) is 7.14. The standard InChI is InChI=1S/C25H27ClN2O3/c1-4-30-22-10-8-20(9-11-22)27-15-19-6-12-24(23(26)14-19)31-16-25(29)28-21-7-5-17(2)18(3)13-21/h5-14,27H,4,15-16H2,1-3H3,(H,28,29). The van der Waals surface area contributed by atoms with Gasteiger partial charge in [0.25, 0.3) is 5.91 Å². The van der Waals surface area contributed by atoms with Gasteiger partial charge in [-0.25, -0.2) is 0 Å². The molecule has 0 aliphatic carbocycles. The van der Waals surface area contributed by atoms with Gasteiger partial charge >= 0.3 is 0 Å². The zero-order chi connectivity index (χ0) is 22.2. The van der Waals surface area contributed by atoms with Crippen LogP contribution in [-0.2, 0) is 11.3 Å². The minimum absolute atomic E-state index is 0.115. The molecule has 2 N–H and O–H groups in total. The summed E-state index contributed by atoms with van der Waals surface area (Å²) in [5.74, 6) is 1.08. The highest BCUT2D eigenvalue weighted by Gasteiger charge is 2.08. The number of aryl methyl sites for hydroxylation is 2. The Labute approximate surface area is 188 Å². The highest BCUT2D eigenvalue weighted by Crippen LogP contribution is 2.26. The van der Waals surface area contributed by atoms with Crippen molar-refractivity contribution in [1.29, 1.82) is 0 Å². The maximum atomic E-state index is 12.2. The molecule has 3 aromatic carbocycles. The fraction of sp³-hybridized carbons (Fsp3) is 0.240. The second-order valence-corrected chi connectivity index (χ2v) is 7.62. The van der Waals surface area contributed by atoms with E-state index in [0.717, 1.165) is 28.3 Å². The normalized spacial score (nSPS) is 10.5. The van der Waals surface area contributed by atoms with Gasteiger partial charge < -0.3 is 20.1 Å². The smallest absolute Gasteiger partial charge is 0.262 e. The largest absolute Gasteiger partial charge is 0.494 e. The van der Waals surface area contributed by atoms with Gasteiger partial charge in [-0.1, -0.05) is 23.7 Å². The number of hydrogen-bond acceptors (Lipinski definition) is 4. The zero-order valence-corrected chi connectivity index (χ0v) is 18.8. The number of carbonyl (C=O) groups excluding carboxylic acids is 1. The summed E-state index contributed by atoms with van der Waals surface area (Å²) in [5.41, 5.74) is 5.04. The first-order chi connectivity index (χ1) is 14.9. The quantitative estimate of drug-likeness (QED) is 0.431. The van der Waals surface area contributed by atoms with Crippen LogP contribution in [0.15, 0.2) is 60.7 Å². The Kier molecular flexibility index (Phi) is 7.79. The average Bonchev–Trinajstić information content (AvgIpc) is 2.75. The molecule has 0 spiro atoms. The van der Waals surface area contributed by atoms with Crippen LogP contribution in [0.5, 0.6) is 11.5 Å². The summed E-state index contributed by atoms with van der Waals surface area (Å²) in [6.07, 6.45) is 0. The molecular weight excluding hydrogens is 412 g/mol. The van der Waals surface area contributed by atoms with E-state index >= 15 is 0 Å². The lowest BCUT2D eigenvalue weighted by Gasteiger charge is -2.12. The average molecular weight is 439 g/mol. The van der Waals surface area contributed by atoms with Gasteiger partial charge in [-0.15, -0.1) is 0 Å². The predicted octanol–water partition coefficient (Wildman–Crippen LogP) is 5.99. The van der Waals surface area contributed by atoms with Crippen molar-refractivity contribution in [3.63, 3.8) is 0 Å². The molecule has 3 aromatic rings. The molecule has 0 unspecified atom stereocenters. The fourth-order valence-corrected chi connectivity index (χ4v) is 3.23. The molecule has 0 saturated carbocycles. The molecule has 0 atom stereocenters. The van der Waals surface area contributed by atoms with Crippen molar-refractivity contribution in [3.05, 3.63) is 82.4 Å². The van der Waals surface area contributed by atoms with E-state index in [1.807, 2.05) is 75.4 Å². The van der Waals surface area contributed by atoms with Crippen molar-refractivity contribution in [2.24, 2.45) is 0 Å². The second-order valence-electron chi connectivity index (χ2n) is 7.21. The number of halogens is 1. The first-order valence-corrected chi connectivity index (χ1v) is 10.6. The topological polar surface area (TPSA) is 59.6 Å². The maximum Gasteiger partial charge on any atom is 0.262 e. The van der Waals surface area contributed by atoms with Crippen molar-refractivity contribution < 1.29 is 14.3 Å². The number of anilines is 2. The molecule has 0 aliphatic rings. The van der Waals surface area contributed by atoms with Crippen molar-refractivity contribution in [3.8, 4) is 11.5 Å². The number of ether oxygens (including phenoxy) is 2. The summed E-state index contributed by atoms with van der Waals surface area (Å²) < 4.78 is 11.0. The minimum atomic E-state index is -0.236. The lowest BCUT2D eigenvalue weighted by Crippen LogP contribution is -2.20. The predicted molar refractivity (Wildman–Crippen MR) is 126 cm³/mol. The van der Waals surface area contributed by atoms with Crippen LogP contribution in [0.3, 0.4) is 0 Å². The molecule has 162 valence electrons. The van der Waals surface area contributed by atoms with Crippen molar-refractivity contribution in [2.75, 3.05) is 23.8 Å². The van der Waals surface area contributed by atoms with Crippen LogP contribution in [0.4, 0.5) is 11.4 Å². The molecule has 0 radical (unpaired) electrons. The summed E-state index contributed by atoms with van der Waals surface area (Å²) in [6, 6.07) is 19.1. The van der Waals surface area contributed by atoms with Gasteiger partial charge in [0.05, 0.1) is 11.6 Å². The lowest BCUT2D eigenvalue weighted by molar-refractivity contribution is -0.118. The Morgan fingerprint density at radius 3 is 2.32 bits per heavy atom. The van der Waals surface area contributed by atoms with Gasteiger partial charge in [-0.05, 0) is 86.0 Å². The summed E-state index contributed by atoms with van der Waals surface area (Å²) >= 11 is 6.35. The molecular formula is C25H27ClN2O3. The van der Waals surface area contributed by atoms with E-state index in [0.29, 0.717) is 23.9 Å². The minimum Gasteiger partial charge on any atom is -0.494 e. The van der Waals surface area contributed by atoms with E-state index in [2.05, 4.69) is 10.6 Å². The second kappa shape index (κ2) is 10.7. The van der Waals surface area contributed by atoms with E-state index < -0.39 is 0 Å². The van der Waals surface area contributed by atoms with Crippen LogP contribution in [0.1, 0.15) is 23.6 Å². The van der Waals surface area contributed by atoms with Crippen LogP contribution in [-0.4, -0.2) is 19.1 Å². The zero-order valence-electron chi connectivity index (χ0n) is 18.0. The number of amides is 1. The third-order valence-electron chi connectivity index (χ3n) is 4.81. The summed E-state index contributed by atoms with van der Waals surface area (Å²) in [4.78, 5) is 12.2. The van der Waals surface area contributed by atoms with Crippen molar-refractivity contribution >= 4 is 28.9 Å². The molecule has 31 heavy (non-hydrogen) atoms. The molecule has 6 heteroatoms. The molecule has 0 aliphatic heterocycles. The molecule has 3 rings (SSSR count). The number of benzene rings is 3. The fourth-order valence-electron chi connectivity index (χ4n) is 2.97. The summed E-state index contributed by atoms with van der Waals surface area (Å²) in [7, 11) is 0. The van der Waals surface area contributed by atoms with Crippen LogP contribution >= 0.6 is 11.6 Å². The third-order valence-corrected chi connectivity index (χ3v) is 5.10. The van der Waals surface area contributed by atoms with Gasteiger partial charge in [0, 0.05) is 17.9 Å². The van der Waals surface area contributed by atoms with E-state index in [4.69, 9.17) is 21.1 Å². The highest BCUT2D eigenvalue weighted by molar-refractivity contribution is 6.32. The Hall–Kier alpha value is -3.18. The molecule has 1 amide bonds.